The smallest absolute Gasteiger partial charge is 0.337 e. The van der Waals surface area contributed by atoms with Crippen LogP contribution in [0.1, 0.15) is 15.9 Å². The standard InChI is InChI=1S/C20H20ClN3O3/c1-27-20(26)13-6-7-16(21)18(10-13)24-12-19(25)22-9-8-14-11-23-17-5-3-2-4-15(14)17/h2-7,10-11,23-24H,8-9,12H2,1H3,(H,22,25). The van der Waals surface area contributed by atoms with Crippen LogP contribution >= 0.6 is 11.6 Å². The minimum Gasteiger partial charge on any atom is -0.465 e. The van der Waals surface area contributed by atoms with Crippen molar-refractivity contribution in [3.8, 4) is 0 Å². The Morgan fingerprint density at radius 3 is 2.81 bits per heavy atom. The van der Waals surface area contributed by atoms with Gasteiger partial charge in [0.15, 0.2) is 0 Å². The van der Waals surface area contributed by atoms with Crippen LogP contribution < -0.4 is 10.6 Å². The fraction of sp³-hybridized carbons (Fsp3) is 0.200. The van der Waals surface area contributed by atoms with Crippen LogP contribution in [0.5, 0.6) is 0 Å². The first-order valence-electron chi connectivity index (χ1n) is 8.52. The Balaban J connectivity index is 1.51. The third kappa shape index (κ3) is 4.60. The number of carbonyl (C=O) groups excluding carboxylic acids is 2. The average molecular weight is 386 g/mol. The Kier molecular flexibility index (Phi) is 5.98. The number of aromatic nitrogens is 1. The first kappa shape index (κ1) is 18.8. The molecule has 0 aliphatic carbocycles. The number of carbonyl (C=O) groups is 2. The molecule has 140 valence electrons. The number of nitrogens with one attached hydrogen (secondary N) is 3. The quantitative estimate of drug-likeness (QED) is 0.544. The average Bonchev–Trinajstić information content (AvgIpc) is 3.10. The van der Waals surface area contributed by atoms with E-state index in [1.807, 2.05) is 24.4 Å². The Hall–Kier alpha value is -2.99. The van der Waals surface area contributed by atoms with E-state index in [4.69, 9.17) is 11.6 Å². The highest BCUT2D eigenvalue weighted by molar-refractivity contribution is 6.33. The van der Waals surface area contributed by atoms with Gasteiger partial charge in [0.05, 0.1) is 29.9 Å². The number of para-hydroxylation sites is 1. The monoisotopic (exact) mass is 385 g/mol. The molecule has 3 aromatic rings. The zero-order valence-corrected chi connectivity index (χ0v) is 15.6. The highest BCUT2D eigenvalue weighted by atomic mass is 35.5. The number of aromatic amines is 1. The minimum atomic E-state index is -0.460. The van der Waals surface area contributed by atoms with Gasteiger partial charge < -0.3 is 20.4 Å². The Morgan fingerprint density at radius 2 is 2.00 bits per heavy atom. The van der Waals surface area contributed by atoms with Gasteiger partial charge in [-0.05, 0) is 36.2 Å². The van der Waals surface area contributed by atoms with Crippen LogP contribution in [0.25, 0.3) is 10.9 Å². The van der Waals surface area contributed by atoms with Crippen molar-refractivity contribution in [3.05, 3.63) is 64.8 Å². The molecule has 3 rings (SSSR count). The van der Waals surface area contributed by atoms with Crippen molar-refractivity contribution in [1.82, 2.24) is 10.3 Å². The summed E-state index contributed by atoms with van der Waals surface area (Å²) in [5.41, 5.74) is 3.11. The molecule has 1 heterocycles. The molecule has 0 unspecified atom stereocenters. The summed E-state index contributed by atoms with van der Waals surface area (Å²) in [6.07, 6.45) is 2.70. The fourth-order valence-electron chi connectivity index (χ4n) is 2.82. The predicted molar refractivity (Wildman–Crippen MR) is 106 cm³/mol. The van der Waals surface area contributed by atoms with Gasteiger partial charge in [-0.1, -0.05) is 29.8 Å². The highest BCUT2D eigenvalue weighted by Gasteiger charge is 2.10. The third-order valence-corrected chi connectivity index (χ3v) is 4.55. The first-order chi connectivity index (χ1) is 13.1. The molecule has 0 atom stereocenters. The van der Waals surface area contributed by atoms with Gasteiger partial charge in [-0.2, -0.15) is 0 Å². The number of H-pyrrole nitrogens is 1. The maximum absolute atomic E-state index is 12.1. The first-order valence-corrected chi connectivity index (χ1v) is 8.89. The second-order valence-corrected chi connectivity index (χ2v) is 6.41. The maximum atomic E-state index is 12.1. The van der Waals surface area contributed by atoms with Crippen LogP contribution in [0.4, 0.5) is 5.69 Å². The normalized spacial score (nSPS) is 10.6. The number of rotatable bonds is 7. The van der Waals surface area contributed by atoms with E-state index in [0.29, 0.717) is 22.8 Å². The van der Waals surface area contributed by atoms with Crippen LogP contribution in [-0.4, -0.2) is 37.1 Å². The van der Waals surface area contributed by atoms with Crippen molar-refractivity contribution < 1.29 is 14.3 Å². The topological polar surface area (TPSA) is 83.2 Å². The summed E-state index contributed by atoms with van der Waals surface area (Å²) in [6, 6.07) is 12.8. The van der Waals surface area contributed by atoms with Gasteiger partial charge in [-0.3, -0.25) is 4.79 Å². The van der Waals surface area contributed by atoms with Crippen molar-refractivity contribution in [2.75, 3.05) is 25.5 Å². The van der Waals surface area contributed by atoms with Gasteiger partial charge >= 0.3 is 5.97 Å². The van der Waals surface area contributed by atoms with Gasteiger partial charge in [-0.15, -0.1) is 0 Å². The van der Waals surface area contributed by atoms with Crippen molar-refractivity contribution in [3.63, 3.8) is 0 Å². The summed E-state index contributed by atoms with van der Waals surface area (Å²) < 4.78 is 4.68. The van der Waals surface area contributed by atoms with E-state index in [1.165, 1.54) is 7.11 Å². The minimum absolute atomic E-state index is 0.0538. The van der Waals surface area contributed by atoms with E-state index in [9.17, 15) is 9.59 Å². The van der Waals surface area contributed by atoms with E-state index < -0.39 is 5.97 Å². The Bertz CT molecular complexity index is 968. The molecular formula is C20H20ClN3O3. The number of esters is 1. The van der Waals surface area contributed by atoms with E-state index in [1.54, 1.807) is 18.2 Å². The van der Waals surface area contributed by atoms with Crippen LogP contribution in [0, 0.1) is 0 Å². The van der Waals surface area contributed by atoms with E-state index in [2.05, 4.69) is 26.4 Å². The molecule has 1 amide bonds. The molecule has 27 heavy (non-hydrogen) atoms. The zero-order valence-electron chi connectivity index (χ0n) is 14.8. The van der Waals surface area contributed by atoms with Crippen LogP contribution in [0.2, 0.25) is 5.02 Å². The summed E-state index contributed by atoms with van der Waals surface area (Å²) >= 11 is 6.11. The molecule has 3 N–H and O–H groups in total. The van der Waals surface area contributed by atoms with E-state index in [-0.39, 0.29) is 12.5 Å². The maximum Gasteiger partial charge on any atom is 0.337 e. The van der Waals surface area contributed by atoms with Crippen molar-refractivity contribution in [2.24, 2.45) is 0 Å². The molecule has 0 saturated carbocycles. The predicted octanol–water partition coefficient (Wildman–Crippen LogP) is 3.38. The lowest BCUT2D eigenvalue weighted by molar-refractivity contribution is -0.119. The number of ether oxygens (including phenoxy) is 1. The largest absolute Gasteiger partial charge is 0.465 e. The second-order valence-electron chi connectivity index (χ2n) is 6.00. The number of hydrogen-bond donors (Lipinski definition) is 3. The van der Waals surface area contributed by atoms with Gasteiger partial charge in [0.25, 0.3) is 0 Å². The molecule has 1 aromatic heterocycles. The molecule has 0 bridgehead atoms. The lowest BCUT2D eigenvalue weighted by Gasteiger charge is -2.10. The van der Waals surface area contributed by atoms with E-state index >= 15 is 0 Å². The molecule has 0 aliphatic heterocycles. The van der Waals surface area contributed by atoms with Gasteiger partial charge in [-0.25, -0.2) is 4.79 Å². The molecule has 7 heteroatoms. The summed E-state index contributed by atoms with van der Waals surface area (Å²) in [6.45, 7) is 0.580. The number of benzene rings is 2. The number of hydrogen-bond acceptors (Lipinski definition) is 4. The van der Waals surface area contributed by atoms with Crippen LogP contribution in [0.15, 0.2) is 48.7 Å². The van der Waals surface area contributed by atoms with Gasteiger partial charge in [0, 0.05) is 23.6 Å². The van der Waals surface area contributed by atoms with Crippen molar-refractivity contribution in [1.29, 1.82) is 0 Å². The highest BCUT2D eigenvalue weighted by Crippen LogP contribution is 2.23. The number of methoxy groups -OCH3 is 1. The van der Waals surface area contributed by atoms with Crippen molar-refractivity contribution >= 4 is 40.1 Å². The zero-order chi connectivity index (χ0) is 19.2. The second kappa shape index (κ2) is 8.60. The number of fused-ring (bicyclic) bond motifs is 1. The summed E-state index contributed by atoms with van der Waals surface area (Å²) in [5.74, 6) is -0.618. The molecule has 0 aliphatic rings. The summed E-state index contributed by atoms with van der Waals surface area (Å²) in [5, 5.41) is 7.41. The molecule has 0 spiro atoms. The Labute approximate surface area is 161 Å². The molecule has 6 nitrogen and oxygen atoms in total. The molecule has 2 aromatic carbocycles. The van der Waals surface area contributed by atoms with Crippen LogP contribution in [-0.2, 0) is 16.0 Å². The molecule has 0 radical (unpaired) electrons. The molecule has 0 saturated heterocycles. The van der Waals surface area contributed by atoms with Gasteiger partial charge in [0.2, 0.25) is 5.91 Å². The lowest BCUT2D eigenvalue weighted by atomic mass is 10.1. The Morgan fingerprint density at radius 1 is 1.19 bits per heavy atom. The van der Waals surface area contributed by atoms with Gasteiger partial charge in [0.1, 0.15) is 0 Å². The lowest BCUT2D eigenvalue weighted by Crippen LogP contribution is -2.31. The van der Waals surface area contributed by atoms with E-state index in [0.717, 1.165) is 22.9 Å². The fourth-order valence-corrected chi connectivity index (χ4v) is 3.00. The molecule has 0 fully saturated rings. The summed E-state index contributed by atoms with van der Waals surface area (Å²) in [7, 11) is 1.31. The SMILES string of the molecule is COC(=O)c1ccc(Cl)c(NCC(=O)NCCc2c[nH]c3ccccc23)c1. The number of halogens is 1. The third-order valence-electron chi connectivity index (χ3n) is 4.22. The number of anilines is 1. The van der Waals surface area contributed by atoms with Crippen LogP contribution in [0.3, 0.4) is 0 Å². The van der Waals surface area contributed by atoms with Crippen molar-refractivity contribution in [2.45, 2.75) is 6.42 Å². The summed E-state index contributed by atoms with van der Waals surface area (Å²) in [4.78, 5) is 26.9. The molecular weight excluding hydrogens is 366 g/mol. The number of amides is 1.